The van der Waals surface area contributed by atoms with E-state index in [0.717, 1.165) is 12.8 Å². The lowest BCUT2D eigenvalue weighted by Crippen LogP contribution is -2.68. The van der Waals surface area contributed by atoms with E-state index in [1.165, 1.54) is 0 Å². The average molecular weight is 647 g/mol. The molecule has 6 fully saturated rings. The highest BCUT2D eigenvalue weighted by Gasteiger charge is 2.78. The molecule has 0 bridgehead atoms. The lowest BCUT2D eigenvalue weighted by Gasteiger charge is -2.59. The molecule has 2 saturated heterocycles. The van der Waals surface area contributed by atoms with Crippen molar-refractivity contribution in [1.29, 1.82) is 0 Å². The van der Waals surface area contributed by atoms with Crippen LogP contribution >= 0.6 is 0 Å². The molecule has 2 aliphatic heterocycles. The summed E-state index contributed by atoms with van der Waals surface area (Å²) in [6.45, 7) is 17.4. The summed E-state index contributed by atoms with van der Waals surface area (Å²) in [7, 11) is 0. The fourth-order valence-electron chi connectivity index (χ4n) is 8.93. The van der Waals surface area contributed by atoms with E-state index in [1.54, 1.807) is 13.8 Å². The Hall–Kier alpha value is -2.80. The molecule has 0 aromatic carbocycles. The molecule has 0 amide bonds. The van der Waals surface area contributed by atoms with Gasteiger partial charge in [0.15, 0.2) is 30.1 Å². The molecule has 46 heavy (non-hydrogen) atoms. The van der Waals surface area contributed by atoms with E-state index in [1.807, 2.05) is 20.8 Å². The first-order chi connectivity index (χ1) is 21.7. The van der Waals surface area contributed by atoms with E-state index in [2.05, 4.69) is 13.2 Å². The number of hydrogen-bond donors (Lipinski definition) is 0. The fourth-order valence-corrected chi connectivity index (χ4v) is 8.93. The molecule has 254 valence electrons. The Balaban J connectivity index is 0.976. The largest absolute Gasteiger partial charge is 0.465 e. The van der Waals surface area contributed by atoms with Crippen molar-refractivity contribution in [2.24, 2.45) is 33.5 Å². The van der Waals surface area contributed by atoms with Gasteiger partial charge in [-0.3, -0.25) is 9.59 Å². The number of fused-ring (bicyclic) bond motifs is 2. The number of carbonyl (C=O) groups excluding carboxylic acids is 4. The summed E-state index contributed by atoms with van der Waals surface area (Å²) in [6.07, 6.45) is 2.29. The highest BCUT2D eigenvalue weighted by molar-refractivity contribution is 6.02. The molecule has 5 unspecified atom stereocenters. The SMILES string of the molecule is C=C(C(=O)OCCCOC(=O)C(=C)C12CC1CC(C1OC(C)O1)(C1(C)OC(C)O1)C2)C12CC1CC(C(=O)OCC)(C(=O)OCC)C2. The first-order valence-corrected chi connectivity index (χ1v) is 16.5. The first-order valence-electron chi connectivity index (χ1n) is 16.5. The van der Waals surface area contributed by atoms with Crippen LogP contribution in [0.25, 0.3) is 0 Å². The van der Waals surface area contributed by atoms with Gasteiger partial charge in [-0.05, 0) is 85.0 Å². The van der Waals surface area contributed by atoms with Crippen LogP contribution in [0.3, 0.4) is 0 Å². The van der Waals surface area contributed by atoms with Gasteiger partial charge in [0.2, 0.25) is 0 Å². The standard InChI is InChI=1S/C34H46O12/c1-8-39-27(37)33(28(38)40-9-2)15-23-13-31(23,17-33)19(3)25(35)41-11-10-12-42-26(36)20(4)32-14-24(32)16-34(18-32,29-43-21(5)44-29)30(7)45-22(6)46-30/h21-24,29H,3-4,8-18H2,1-2,5-7H3. The van der Waals surface area contributed by atoms with Gasteiger partial charge in [-0.15, -0.1) is 0 Å². The predicted molar refractivity (Wildman–Crippen MR) is 158 cm³/mol. The van der Waals surface area contributed by atoms with Gasteiger partial charge in [-0.25, -0.2) is 9.59 Å². The highest BCUT2D eigenvalue weighted by atomic mass is 16.9. The number of ether oxygens (including phenoxy) is 8. The Labute approximate surface area is 269 Å². The van der Waals surface area contributed by atoms with Gasteiger partial charge < -0.3 is 37.9 Å². The van der Waals surface area contributed by atoms with Gasteiger partial charge in [-0.2, -0.15) is 0 Å². The van der Waals surface area contributed by atoms with Crippen LogP contribution in [0.4, 0.5) is 0 Å². The van der Waals surface area contributed by atoms with Crippen LogP contribution < -0.4 is 0 Å². The third kappa shape index (κ3) is 4.93. The van der Waals surface area contributed by atoms with Crippen molar-refractivity contribution in [1.82, 2.24) is 0 Å². The van der Waals surface area contributed by atoms with Crippen molar-refractivity contribution in [3.63, 3.8) is 0 Å². The molecule has 4 saturated carbocycles. The van der Waals surface area contributed by atoms with Gasteiger partial charge in [0.25, 0.3) is 0 Å². The van der Waals surface area contributed by atoms with Crippen LogP contribution in [-0.4, -0.2) is 75.0 Å². The second-order valence-electron chi connectivity index (χ2n) is 14.1. The summed E-state index contributed by atoms with van der Waals surface area (Å²) < 4.78 is 45.5. The Bertz CT molecular complexity index is 1310. The normalized spacial score (nSPS) is 40.7. The predicted octanol–water partition coefficient (Wildman–Crippen LogP) is 4.10. The number of esters is 4. The summed E-state index contributed by atoms with van der Waals surface area (Å²) in [5.74, 6) is -3.06. The monoisotopic (exact) mass is 646 g/mol. The van der Waals surface area contributed by atoms with Crippen molar-refractivity contribution in [3.05, 3.63) is 24.3 Å². The van der Waals surface area contributed by atoms with E-state index in [0.29, 0.717) is 18.4 Å². The van der Waals surface area contributed by atoms with E-state index < -0.39 is 57.6 Å². The maximum atomic E-state index is 13.1. The van der Waals surface area contributed by atoms with Gasteiger partial charge in [0, 0.05) is 28.4 Å². The van der Waals surface area contributed by atoms with Crippen LogP contribution in [0.5, 0.6) is 0 Å². The summed E-state index contributed by atoms with van der Waals surface area (Å²) in [5, 5.41) is 0. The highest BCUT2D eigenvalue weighted by Crippen LogP contribution is 2.77. The van der Waals surface area contributed by atoms with Crippen LogP contribution in [0.15, 0.2) is 24.3 Å². The zero-order valence-corrected chi connectivity index (χ0v) is 27.5. The van der Waals surface area contributed by atoms with Crippen molar-refractivity contribution < 1.29 is 57.1 Å². The third-order valence-electron chi connectivity index (χ3n) is 11.5. The van der Waals surface area contributed by atoms with Gasteiger partial charge >= 0.3 is 23.9 Å². The molecule has 0 aromatic heterocycles. The van der Waals surface area contributed by atoms with Crippen LogP contribution in [0.1, 0.15) is 79.6 Å². The minimum absolute atomic E-state index is 0.00981. The maximum absolute atomic E-state index is 13.1. The molecule has 12 heteroatoms. The Kier molecular flexibility index (Phi) is 8.22. The van der Waals surface area contributed by atoms with E-state index >= 15 is 0 Å². The Morgan fingerprint density at radius 1 is 0.717 bits per heavy atom. The van der Waals surface area contributed by atoms with Gasteiger partial charge in [-0.1, -0.05) is 13.2 Å². The van der Waals surface area contributed by atoms with Crippen LogP contribution in [0.2, 0.25) is 0 Å². The van der Waals surface area contributed by atoms with E-state index in [4.69, 9.17) is 37.9 Å². The number of hydrogen-bond acceptors (Lipinski definition) is 12. The molecular formula is C34H46O12. The molecule has 4 aliphatic carbocycles. The number of rotatable bonds is 14. The molecule has 6 aliphatic rings. The van der Waals surface area contributed by atoms with Gasteiger partial charge in [0.05, 0.1) is 31.8 Å². The second-order valence-corrected chi connectivity index (χ2v) is 14.1. The molecule has 0 aromatic rings. The summed E-state index contributed by atoms with van der Waals surface area (Å²) in [6, 6.07) is 0. The van der Waals surface area contributed by atoms with E-state index in [-0.39, 0.29) is 75.7 Å². The van der Waals surface area contributed by atoms with Crippen LogP contribution in [-0.2, 0) is 57.1 Å². The molecule has 6 rings (SSSR count). The van der Waals surface area contributed by atoms with Crippen molar-refractivity contribution in [3.8, 4) is 0 Å². The van der Waals surface area contributed by atoms with Crippen molar-refractivity contribution in [2.45, 2.75) is 104 Å². The third-order valence-corrected chi connectivity index (χ3v) is 11.5. The zero-order valence-electron chi connectivity index (χ0n) is 27.5. The fraction of sp³-hybridized carbons (Fsp3) is 0.765. The average Bonchev–Trinajstić information content (AvgIpc) is 3.79. The molecule has 0 radical (unpaired) electrons. The zero-order chi connectivity index (χ0) is 33.3. The minimum Gasteiger partial charge on any atom is -0.465 e. The van der Waals surface area contributed by atoms with E-state index in [9.17, 15) is 19.2 Å². The molecule has 5 atom stereocenters. The van der Waals surface area contributed by atoms with Crippen LogP contribution in [0, 0.1) is 33.5 Å². The molecule has 2 heterocycles. The minimum atomic E-state index is -1.45. The smallest absolute Gasteiger partial charge is 0.333 e. The molecular weight excluding hydrogens is 600 g/mol. The Morgan fingerprint density at radius 3 is 1.70 bits per heavy atom. The topological polar surface area (TPSA) is 142 Å². The second kappa shape index (κ2) is 11.4. The maximum Gasteiger partial charge on any atom is 0.333 e. The summed E-state index contributed by atoms with van der Waals surface area (Å²) in [4.78, 5) is 51.8. The Morgan fingerprint density at radius 2 is 1.22 bits per heavy atom. The lowest BCUT2D eigenvalue weighted by atomic mass is 9.71. The molecule has 0 N–H and O–H groups in total. The first kappa shape index (κ1) is 33.1. The van der Waals surface area contributed by atoms with Crippen molar-refractivity contribution >= 4 is 23.9 Å². The molecule has 12 nitrogen and oxygen atoms in total. The number of carbonyl (C=O) groups is 4. The summed E-state index contributed by atoms with van der Waals surface area (Å²) >= 11 is 0. The molecule has 0 spiro atoms. The van der Waals surface area contributed by atoms with Crippen molar-refractivity contribution in [2.75, 3.05) is 26.4 Å². The van der Waals surface area contributed by atoms with Gasteiger partial charge in [0.1, 0.15) is 0 Å². The lowest BCUT2D eigenvalue weighted by molar-refractivity contribution is -0.523. The quantitative estimate of drug-likeness (QED) is 0.0882. The summed E-state index contributed by atoms with van der Waals surface area (Å²) in [5.41, 5.74) is -2.49.